The highest BCUT2D eigenvalue weighted by Gasteiger charge is 2.21. The van der Waals surface area contributed by atoms with Crippen molar-refractivity contribution >= 4 is 11.6 Å². The predicted molar refractivity (Wildman–Crippen MR) is 38.7 cm³/mol. The fraction of sp³-hybridized carbons (Fsp3) is 1.00. The van der Waals surface area contributed by atoms with Gasteiger partial charge in [0.1, 0.15) is 0 Å². The Morgan fingerprint density at radius 2 is 2.00 bits per heavy atom. The van der Waals surface area contributed by atoms with Gasteiger partial charge in [0, 0.05) is 5.88 Å². The maximum Gasteiger partial charge on any atom is 0.0579 e. The van der Waals surface area contributed by atoms with Gasteiger partial charge >= 0.3 is 0 Å². The van der Waals surface area contributed by atoms with Gasteiger partial charge in [0.05, 0.1) is 6.10 Å². The van der Waals surface area contributed by atoms with E-state index in [0.29, 0.717) is 11.8 Å². The van der Waals surface area contributed by atoms with Gasteiger partial charge in [-0.15, -0.1) is 11.6 Å². The van der Waals surface area contributed by atoms with Crippen LogP contribution >= 0.6 is 11.6 Å². The average Bonchev–Trinajstić information content (AvgIpc) is 1.89. The minimum absolute atomic E-state index is 0.115. The molecule has 2 heteroatoms. The van der Waals surface area contributed by atoms with E-state index in [1.54, 1.807) is 0 Å². The summed E-state index contributed by atoms with van der Waals surface area (Å²) in [6.07, 6.45) is 4.38. The Labute approximate surface area is 61.0 Å². The molecule has 0 unspecified atom stereocenters. The standard InChI is InChI=1S/C7H13ClO/c8-5-6-3-1-2-4-7(6)9/h6-7,9H,1-5H2/t6-,7-/m1/s1. The molecule has 1 N–H and O–H groups in total. The zero-order valence-corrected chi connectivity index (χ0v) is 6.27. The van der Waals surface area contributed by atoms with Gasteiger partial charge in [0.15, 0.2) is 0 Å². The minimum atomic E-state index is -0.115. The van der Waals surface area contributed by atoms with Gasteiger partial charge < -0.3 is 5.11 Å². The van der Waals surface area contributed by atoms with Crippen molar-refractivity contribution in [3.05, 3.63) is 0 Å². The normalized spacial score (nSPS) is 36.7. The third-order valence-corrected chi connectivity index (χ3v) is 2.46. The summed E-state index contributed by atoms with van der Waals surface area (Å²) >= 11 is 5.62. The molecule has 0 saturated heterocycles. The molecule has 9 heavy (non-hydrogen) atoms. The van der Waals surface area contributed by atoms with E-state index in [0.717, 1.165) is 12.8 Å². The van der Waals surface area contributed by atoms with Crippen LogP contribution in [0, 0.1) is 5.92 Å². The second-order valence-corrected chi connectivity index (χ2v) is 3.07. The van der Waals surface area contributed by atoms with Crippen molar-refractivity contribution in [2.45, 2.75) is 31.8 Å². The summed E-state index contributed by atoms with van der Waals surface area (Å²) in [5.41, 5.74) is 0. The van der Waals surface area contributed by atoms with E-state index in [2.05, 4.69) is 0 Å². The van der Waals surface area contributed by atoms with Gasteiger partial charge in [-0.3, -0.25) is 0 Å². The lowest BCUT2D eigenvalue weighted by Gasteiger charge is -2.25. The van der Waals surface area contributed by atoms with E-state index < -0.39 is 0 Å². The summed E-state index contributed by atoms with van der Waals surface area (Å²) in [4.78, 5) is 0. The van der Waals surface area contributed by atoms with Crippen LogP contribution in [-0.4, -0.2) is 17.1 Å². The van der Waals surface area contributed by atoms with Crippen LogP contribution in [-0.2, 0) is 0 Å². The molecule has 0 aromatic rings. The van der Waals surface area contributed by atoms with Crippen LogP contribution in [0.25, 0.3) is 0 Å². The molecule has 0 amide bonds. The van der Waals surface area contributed by atoms with Crippen molar-refractivity contribution < 1.29 is 5.11 Å². The maximum absolute atomic E-state index is 9.28. The molecule has 54 valence electrons. The van der Waals surface area contributed by atoms with Gasteiger partial charge in [-0.2, -0.15) is 0 Å². The molecule has 0 radical (unpaired) electrons. The van der Waals surface area contributed by atoms with Crippen LogP contribution in [0.2, 0.25) is 0 Å². The Bertz CT molecular complexity index is 85.0. The number of aliphatic hydroxyl groups is 1. The third-order valence-electron chi connectivity index (χ3n) is 2.07. The molecule has 1 nitrogen and oxygen atoms in total. The van der Waals surface area contributed by atoms with Crippen LogP contribution in [0.4, 0.5) is 0 Å². The maximum atomic E-state index is 9.28. The number of aliphatic hydroxyl groups excluding tert-OH is 1. The van der Waals surface area contributed by atoms with Gasteiger partial charge in [0.2, 0.25) is 0 Å². The monoisotopic (exact) mass is 148 g/mol. The van der Waals surface area contributed by atoms with Gasteiger partial charge in [-0.05, 0) is 18.8 Å². The molecule has 0 aliphatic heterocycles. The molecule has 1 aliphatic rings. The molecule has 1 fully saturated rings. The van der Waals surface area contributed by atoms with Crippen LogP contribution in [0.1, 0.15) is 25.7 Å². The fourth-order valence-electron chi connectivity index (χ4n) is 1.37. The zero-order chi connectivity index (χ0) is 6.69. The number of alkyl halides is 1. The highest BCUT2D eigenvalue weighted by molar-refractivity contribution is 6.18. The molecule has 1 saturated carbocycles. The number of hydrogen-bond acceptors (Lipinski definition) is 1. The number of hydrogen-bond donors (Lipinski definition) is 1. The first-order valence-electron chi connectivity index (χ1n) is 3.58. The Morgan fingerprint density at radius 1 is 1.33 bits per heavy atom. The second-order valence-electron chi connectivity index (χ2n) is 2.77. The topological polar surface area (TPSA) is 20.2 Å². The molecule has 0 heterocycles. The lowest BCUT2D eigenvalue weighted by atomic mass is 9.88. The van der Waals surface area contributed by atoms with E-state index in [9.17, 15) is 5.11 Å². The SMILES string of the molecule is O[C@@H]1CCCC[C@@H]1CCl. The first kappa shape index (κ1) is 7.36. The van der Waals surface area contributed by atoms with Crippen molar-refractivity contribution in [1.82, 2.24) is 0 Å². The highest BCUT2D eigenvalue weighted by Crippen LogP contribution is 2.24. The summed E-state index contributed by atoms with van der Waals surface area (Å²) < 4.78 is 0. The molecule has 0 bridgehead atoms. The molecule has 1 rings (SSSR count). The predicted octanol–water partition coefficient (Wildman–Crippen LogP) is 1.78. The molecule has 0 spiro atoms. The quantitative estimate of drug-likeness (QED) is 0.562. The van der Waals surface area contributed by atoms with E-state index in [4.69, 9.17) is 11.6 Å². The fourth-order valence-corrected chi connectivity index (χ4v) is 1.73. The second kappa shape index (κ2) is 3.43. The molecule has 1 aliphatic carbocycles. The van der Waals surface area contributed by atoms with E-state index in [1.165, 1.54) is 12.8 Å². The molecule has 0 aromatic carbocycles. The van der Waals surface area contributed by atoms with Gasteiger partial charge in [0.25, 0.3) is 0 Å². The smallest absolute Gasteiger partial charge is 0.0579 e. The van der Waals surface area contributed by atoms with Crippen molar-refractivity contribution in [1.29, 1.82) is 0 Å². The third kappa shape index (κ3) is 1.84. The summed E-state index contributed by atoms with van der Waals surface area (Å²) in [5, 5.41) is 9.28. The van der Waals surface area contributed by atoms with Crippen molar-refractivity contribution in [3.8, 4) is 0 Å². The molecular weight excluding hydrogens is 136 g/mol. The van der Waals surface area contributed by atoms with Crippen LogP contribution in [0.5, 0.6) is 0 Å². The minimum Gasteiger partial charge on any atom is -0.393 e. The zero-order valence-electron chi connectivity index (χ0n) is 5.52. The summed E-state index contributed by atoms with van der Waals surface area (Å²) in [7, 11) is 0. The first-order valence-corrected chi connectivity index (χ1v) is 4.12. The lowest BCUT2D eigenvalue weighted by molar-refractivity contribution is 0.0810. The van der Waals surface area contributed by atoms with Crippen molar-refractivity contribution in [2.75, 3.05) is 5.88 Å². The van der Waals surface area contributed by atoms with E-state index >= 15 is 0 Å². The van der Waals surface area contributed by atoms with Crippen LogP contribution in [0.3, 0.4) is 0 Å². The summed E-state index contributed by atoms with van der Waals surface area (Å²) in [6, 6.07) is 0. The summed E-state index contributed by atoms with van der Waals surface area (Å²) in [5.74, 6) is 1.00. The lowest BCUT2D eigenvalue weighted by Crippen LogP contribution is -2.25. The van der Waals surface area contributed by atoms with Gasteiger partial charge in [-0.1, -0.05) is 12.8 Å². The Kier molecular flexibility index (Phi) is 2.80. The Hall–Kier alpha value is 0.250. The Morgan fingerprint density at radius 3 is 2.44 bits per heavy atom. The van der Waals surface area contributed by atoms with Crippen LogP contribution in [0.15, 0.2) is 0 Å². The first-order chi connectivity index (χ1) is 4.34. The van der Waals surface area contributed by atoms with Crippen molar-refractivity contribution in [3.63, 3.8) is 0 Å². The van der Waals surface area contributed by atoms with Crippen molar-refractivity contribution in [2.24, 2.45) is 5.92 Å². The molecular formula is C7H13ClO. The van der Waals surface area contributed by atoms with Gasteiger partial charge in [-0.25, -0.2) is 0 Å². The highest BCUT2D eigenvalue weighted by atomic mass is 35.5. The summed E-state index contributed by atoms with van der Waals surface area (Å²) in [6.45, 7) is 0. The number of halogens is 1. The average molecular weight is 149 g/mol. The molecule has 2 atom stereocenters. The van der Waals surface area contributed by atoms with Crippen LogP contribution < -0.4 is 0 Å². The largest absolute Gasteiger partial charge is 0.393 e. The van der Waals surface area contributed by atoms with E-state index in [-0.39, 0.29) is 6.10 Å². The van der Waals surface area contributed by atoms with E-state index in [1.807, 2.05) is 0 Å². The Balaban J connectivity index is 2.30. The molecule has 0 aromatic heterocycles. The number of rotatable bonds is 1.